The predicted octanol–water partition coefficient (Wildman–Crippen LogP) is 4.95. The lowest BCUT2D eigenvalue weighted by molar-refractivity contribution is 0.319. The van der Waals surface area contributed by atoms with Crippen LogP contribution in [0.15, 0.2) is 53.8 Å². The van der Waals surface area contributed by atoms with Gasteiger partial charge in [-0.3, -0.25) is 0 Å². The molecule has 0 saturated heterocycles. The van der Waals surface area contributed by atoms with Crippen molar-refractivity contribution in [1.82, 2.24) is 20.6 Å². The van der Waals surface area contributed by atoms with Gasteiger partial charge in [-0.1, -0.05) is 18.2 Å². The summed E-state index contributed by atoms with van der Waals surface area (Å²) in [6, 6.07) is 11.4. The molecule has 0 aliphatic rings. The Hall–Kier alpha value is -2.40. The van der Waals surface area contributed by atoms with E-state index >= 15 is 0 Å². The van der Waals surface area contributed by atoms with Gasteiger partial charge >= 0.3 is 0 Å². The second kappa shape index (κ2) is 13.9. The Bertz CT molecular complexity index is 979. The number of para-hydroxylation sites is 2. The lowest BCUT2D eigenvalue weighted by atomic mass is 10.3. The number of halogens is 1. The van der Waals surface area contributed by atoms with Crippen molar-refractivity contribution in [2.75, 3.05) is 19.7 Å². The van der Waals surface area contributed by atoms with E-state index in [0.29, 0.717) is 30.5 Å². The first-order valence-electron chi connectivity index (χ1n) is 10.5. The molecule has 0 amide bonds. The summed E-state index contributed by atoms with van der Waals surface area (Å²) < 4.78 is 11.5. The average molecular weight is 567 g/mol. The molecule has 0 atom stereocenters. The van der Waals surface area contributed by atoms with Crippen molar-refractivity contribution in [2.24, 2.45) is 4.99 Å². The van der Waals surface area contributed by atoms with Crippen LogP contribution >= 0.6 is 35.3 Å². The van der Waals surface area contributed by atoms with Crippen LogP contribution in [0.1, 0.15) is 29.3 Å². The first-order chi connectivity index (χ1) is 15.2. The highest BCUT2D eigenvalue weighted by Crippen LogP contribution is 2.30. The first kappa shape index (κ1) is 25.9. The van der Waals surface area contributed by atoms with Gasteiger partial charge < -0.3 is 20.1 Å². The number of hydrogen-bond donors (Lipinski definition) is 2. The van der Waals surface area contributed by atoms with Crippen LogP contribution in [-0.2, 0) is 13.0 Å². The molecular weight excluding hydrogens is 537 g/mol. The van der Waals surface area contributed by atoms with Gasteiger partial charge in [-0.05, 0) is 38.5 Å². The minimum atomic E-state index is 0. The Kier molecular flexibility index (Phi) is 11.2. The number of nitrogens with zero attached hydrogens (tertiary/aromatic N) is 3. The fourth-order valence-electron chi connectivity index (χ4n) is 2.80. The number of thiazole rings is 1. The molecule has 2 heterocycles. The maximum Gasteiger partial charge on any atom is 0.219 e. The SMILES string of the molecule is CCNC(=NCc1ccc(Oc2ccccc2OCC)nc1)NCCc1ncc(C)s1.I. The van der Waals surface area contributed by atoms with Crippen LogP contribution in [0, 0.1) is 6.92 Å². The molecule has 0 unspecified atom stereocenters. The Morgan fingerprint density at radius 3 is 2.50 bits per heavy atom. The summed E-state index contributed by atoms with van der Waals surface area (Å²) in [7, 11) is 0. The number of aryl methyl sites for hydroxylation is 1. The second-order valence-electron chi connectivity index (χ2n) is 6.72. The number of rotatable bonds is 10. The second-order valence-corrected chi connectivity index (χ2v) is 8.04. The third-order valence-electron chi connectivity index (χ3n) is 4.23. The molecule has 0 aliphatic carbocycles. The summed E-state index contributed by atoms with van der Waals surface area (Å²) in [6.45, 7) is 8.75. The number of ether oxygens (including phenoxy) is 2. The van der Waals surface area contributed by atoms with Crippen molar-refractivity contribution in [2.45, 2.75) is 33.7 Å². The standard InChI is InChI=1S/C23H29N5O2S.HI/c1-4-24-23(25-13-12-22-27-14-17(3)31-22)28-16-18-10-11-21(26-15-18)30-20-9-7-6-8-19(20)29-5-2;/h6-11,14-15H,4-5,12-13,16H2,1-3H3,(H2,24,25,28);1H. The van der Waals surface area contributed by atoms with Crippen LogP contribution in [0.3, 0.4) is 0 Å². The molecule has 7 nitrogen and oxygen atoms in total. The molecule has 2 aromatic heterocycles. The number of nitrogens with one attached hydrogen (secondary N) is 2. The van der Waals surface area contributed by atoms with E-state index in [9.17, 15) is 0 Å². The zero-order valence-electron chi connectivity index (χ0n) is 18.6. The average Bonchev–Trinajstić information content (AvgIpc) is 3.19. The molecule has 3 aromatic rings. The van der Waals surface area contributed by atoms with E-state index in [1.54, 1.807) is 17.5 Å². The third-order valence-corrected chi connectivity index (χ3v) is 5.20. The normalized spacial score (nSPS) is 10.9. The van der Waals surface area contributed by atoms with Crippen molar-refractivity contribution in [3.05, 3.63) is 64.2 Å². The molecule has 1 aromatic carbocycles. The van der Waals surface area contributed by atoms with Gasteiger partial charge in [0.2, 0.25) is 5.88 Å². The van der Waals surface area contributed by atoms with Gasteiger partial charge in [0.25, 0.3) is 0 Å². The highest BCUT2D eigenvalue weighted by Gasteiger charge is 2.06. The van der Waals surface area contributed by atoms with Gasteiger partial charge in [0.15, 0.2) is 17.5 Å². The maximum atomic E-state index is 5.88. The Morgan fingerprint density at radius 2 is 1.84 bits per heavy atom. The predicted molar refractivity (Wildman–Crippen MR) is 141 cm³/mol. The van der Waals surface area contributed by atoms with Crippen LogP contribution < -0.4 is 20.1 Å². The van der Waals surface area contributed by atoms with E-state index in [0.717, 1.165) is 36.0 Å². The van der Waals surface area contributed by atoms with E-state index in [4.69, 9.17) is 9.47 Å². The molecule has 172 valence electrons. The van der Waals surface area contributed by atoms with Crippen LogP contribution in [-0.4, -0.2) is 35.6 Å². The lowest BCUT2D eigenvalue weighted by Gasteiger charge is -2.11. The highest BCUT2D eigenvalue weighted by atomic mass is 127. The summed E-state index contributed by atoms with van der Waals surface area (Å²) >= 11 is 1.73. The van der Waals surface area contributed by atoms with Gasteiger partial charge in [0.1, 0.15) is 0 Å². The van der Waals surface area contributed by atoms with Crippen LogP contribution in [0.25, 0.3) is 0 Å². The number of guanidine groups is 1. The van der Waals surface area contributed by atoms with Crippen molar-refractivity contribution in [1.29, 1.82) is 0 Å². The van der Waals surface area contributed by atoms with Crippen LogP contribution in [0.5, 0.6) is 17.4 Å². The number of pyridine rings is 1. The highest BCUT2D eigenvalue weighted by molar-refractivity contribution is 14.0. The van der Waals surface area contributed by atoms with Crippen molar-refractivity contribution < 1.29 is 9.47 Å². The number of aromatic nitrogens is 2. The fourth-order valence-corrected chi connectivity index (χ4v) is 3.59. The molecule has 0 spiro atoms. The van der Waals surface area contributed by atoms with Gasteiger partial charge in [-0.15, -0.1) is 35.3 Å². The summed E-state index contributed by atoms with van der Waals surface area (Å²) in [5, 5.41) is 7.76. The molecule has 32 heavy (non-hydrogen) atoms. The molecule has 3 rings (SSSR count). The van der Waals surface area contributed by atoms with Gasteiger partial charge in [0, 0.05) is 42.8 Å². The molecule has 2 N–H and O–H groups in total. The summed E-state index contributed by atoms with van der Waals surface area (Å²) in [6.07, 6.45) is 4.57. The monoisotopic (exact) mass is 567 g/mol. The Labute approximate surface area is 210 Å². The van der Waals surface area contributed by atoms with Crippen molar-refractivity contribution in [3.8, 4) is 17.4 Å². The zero-order chi connectivity index (χ0) is 21.9. The molecule has 0 radical (unpaired) electrons. The van der Waals surface area contributed by atoms with E-state index in [2.05, 4.69) is 39.4 Å². The van der Waals surface area contributed by atoms with Crippen LogP contribution in [0.4, 0.5) is 0 Å². The van der Waals surface area contributed by atoms with Crippen LogP contribution in [0.2, 0.25) is 0 Å². The molecule has 0 aliphatic heterocycles. The van der Waals surface area contributed by atoms with Gasteiger partial charge in [-0.2, -0.15) is 0 Å². The van der Waals surface area contributed by atoms with Gasteiger partial charge in [0.05, 0.1) is 18.2 Å². The molecule has 0 fully saturated rings. The number of aliphatic imine (C=N–C) groups is 1. The fraction of sp³-hybridized carbons (Fsp3) is 0.348. The van der Waals surface area contributed by atoms with E-state index in [-0.39, 0.29) is 24.0 Å². The summed E-state index contributed by atoms with van der Waals surface area (Å²) in [5.41, 5.74) is 0.998. The lowest BCUT2D eigenvalue weighted by Crippen LogP contribution is -2.38. The largest absolute Gasteiger partial charge is 0.490 e. The zero-order valence-corrected chi connectivity index (χ0v) is 21.8. The van der Waals surface area contributed by atoms with Gasteiger partial charge in [-0.25, -0.2) is 15.0 Å². The number of hydrogen-bond acceptors (Lipinski definition) is 6. The molecule has 0 saturated carbocycles. The molecular formula is C23H30IN5O2S. The minimum absolute atomic E-state index is 0. The maximum absolute atomic E-state index is 5.88. The summed E-state index contributed by atoms with van der Waals surface area (Å²) in [4.78, 5) is 14.7. The summed E-state index contributed by atoms with van der Waals surface area (Å²) in [5.74, 6) is 2.65. The molecule has 9 heteroatoms. The van der Waals surface area contributed by atoms with Crippen molar-refractivity contribution >= 4 is 41.3 Å². The van der Waals surface area contributed by atoms with E-state index in [1.165, 1.54) is 4.88 Å². The number of benzene rings is 1. The smallest absolute Gasteiger partial charge is 0.219 e. The van der Waals surface area contributed by atoms with E-state index in [1.807, 2.05) is 49.5 Å². The minimum Gasteiger partial charge on any atom is -0.490 e. The third kappa shape index (κ3) is 8.27. The Morgan fingerprint density at radius 1 is 1.03 bits per heavy atom. The first-order valence-corrected chi connectivity index (χ1v) is 11.3. The van der Waals surface area contributed by atoms with E-state index < -0.39 is 0 Å². The topological polar surface area (TPSA) is 80.7 Å². The quantitative estimate of drug-likeness (QED) is 0.205. The Balaban J connectivity index is 0.00000363. The van der Waals surface area contributed by atoms with Crippen molar-refractivity contribution in [3.63, 3.8) is 0 Å². The molecule has 0 bridgehead atoms.